The number of aromatic amines is 1. The predicted octanol–water partition coefficient (Wildman–Crippen LogP) is 0.268. The third-order valence-corrected chi connectivity index (χ3v) is 6.38. The van der Waals surface area contributed by atoms with Gasteiger partial charge in [-0.05, 0) is 44.9 Å². The third-order valence-electron chi connectivity index (χ3n) is 6.38. The monoisotopic (exact) mass is 442 g/mol. The molecule has 1 saturated heterocycles. The van der Waals surface area contributed by atoms with Crippen LogP contribution in [-0.4, -0.2) is 62.1 Å². The van der Waals surface area contributed by atoms with Gasteiger partial charge in [-0.1, -0.05) is 6.42 Å². The van der Waals surface area contributed by atoms with Crippen molar-refractivity contribution in [1.29, 1.82) is 0 Å². The summed E-state index contributed by atoms with van der Waals surface area (Å²) < 4.78 is 32.5. The molecule has 1 aromatic rings. The van der Waals surface area contributed by atoms with Crippen LogP contribution in [0.4, 0.5) is 4.39 Å². The summed E-state index contributed by atoms with van der Waals surface area (Å²) in [5.41, 5.74) is -2.77. The van der Waals surface area contributed by atoms with E-state index in [1.165, 1.54) is 0 Å². The fraction of sp³-hybridized carbons (Fsp3) is 0.750. The highest BCUT2D eigenvalue weighted by Gasteiger charge is 2.58. The molecule has 2 aliphatic carbocycles. The topological polar surface area (TPSA) is 140 Å². The van der Waals surface area contributed by atoms with Crippen molar-refractivity contribution in [3.05, 3.63) is 33.1 Å². The average molecular weight is 442 g/mol. The number of ether oxygens (including phenoxy) is 3. The van der Waals surface area contributed by atoms with Crippen molar-refractivity contribution in [2.75, 3.05) is 6.61 Å². The zero-order valence-electron chi connectivity index (χ0n) is 17.0. The van der Waals surface area contributed by atoms with Crippen molar-refractivity contribution < 1.29 is 33.6 Å². The van der Waals surface area contributed by atoms with Gasteiger partial charge in [0.1, 0.15) is 12.2 Å². The smallest absolute Gasteiger partial charge is 0.338 e. The number of aliphatic hydroxyl groups is 2. The standard InChI is InChI=1S/C20H27FN2O8/c21-20(15(26)14(25)16(31-20)23-10-7-13(24)22-18(23)28)11-29-17(27)19(8-2-1-3-9-19)30-12-5-4-6-12/h7,10,12,14-16,25-26H,1-6,8-9,11H2,(H,22,24,28)/t14-,15+,16-,20-/m1/s1. The van der Waals surface area contributed by atoms with E-state index in [0.717, 1.165) is 55.4 Å². The van der Waals surface area contributed by atoms with Gasteiger partial charge in [0.25, 0.3) is 11.4 Å². The lowest BCUT2D eigenvalue weighted by Gasteiger charge is -2.40. The van der Waals surface area contributed by atoms with E-state index in [9.17, 15) is 24.6 Å². The van der Waals surface area contributed by atoms with Gasteiger partial charge in [-0.2, -0.15) is 0 Å². The summed E-state index contributed by atoms with van der Waals surface area (Å²) in [5.74, 6) is -3.66. The van der Waals surface area contributed by atoms with Crippen LogP contribution in [0.3, 0.4) is 0 Å². The number of aliphatic hydroxyl groups excluding tert-OH is 2. The van der Waals surface area contributed by atoms with Crippen molar-refractivity contribution in [2.45, 2.75) is 87.4 Å². The van der Waals surface area contributed by atoms with Gasteiger partial charge in [0, 0.05) is 12.3 Å². The van der Waals surface area contributed by atoms with E-state index >= 15 is 4.39 Å². The first kappa shape index (κ1) is 22.1. The zero-order chi connectivity index (χ0) is 22.2. The SMILES string of the molecule is O=C(OC[C@@]1(F)O[C@@H](n2ccc(=O)[nH]c2=O)[C@H](O)[C@@H]1O)C1(OC2CCC2)CCCCC1. The highest BCUT2D eigenvalue weighted by atomic mass is 19.2. The number of carbonyl (C=O) groups is 1. The molecule has 11 heteroatoms. The maximum atomic E-state index is 15.4. The number of nitrogens with one attached hydrogen (secondary N) is 1. The van der Waals surface area contributed by atoms with Crippen molar-refractivity contribution in [3.8, 4) is 0 Å². The molecule has 2 heterocycles. The molecule has 4 atom stereocenters. The number of nitrogens with zero attached hydrogens (tertiary/aromatic N) is 1. The lowest BCUT2D eigenvalue weighted by Crippen LogP contribution is -2.51. The van der Waals surface area contributed by atoms with Crippen LogP contribution in [-0.2, 0) is 19.0 Å². The summed E-state index contributed by atoms with van der Waals surface area (Å²) in [6.45, 7) is -0.978. The molecule has 3 aliphatic rings. The molecular formula is C20H27FN2O8. The summed E-state index contributed by atoms with van der Waals surface area (Å²) >= 11 is 0. The Balaban J connectivity index is 1.46. The summed E-state index contributed by atoms with van der Waals surface area (Å²) in [4.78, 5) is 38.1. The van der Waals surface area contributed by atoms with Gasteiger partial charge in [0.15, 0.2) is 18.4 Å². The second-order valence-corrected chi connectivity index (χ2v) is 8.55. The molecule has 0 spiro atoms. The largest absolute Gasteiger partial charge is 0.457 e. The molecule has 3 N–H and O–H groups in total. The lowest BCUT2D eigenvalue weighted by atomic mass is 9.83. The van der Waals surface area contributed by atoms with E-state index in [0.29, 0.717) is 12.8 Å². The first-order valence-electron chi connectivity index (χ1n) is 10.6. The Morgan fingerprint density at radius 3 is 2.55 bits per heavy atom. The van der Waals surface area contributed by atoms with Crippen LogP contribution in [0.25, 0.3) is 0 Å². The molecule has 1 aliphatic heterocycles. The minimum Gasteiger partial charge on any atom is -0.457 e. The Kier molecular flexibility index (Phi) is 6.03. The fourth-order valence-electron chi connectivity index (χ4n) is 4.32. The number of hydrogen-bond donors (Lipinski definition) is 3. The second-order valence-electron chi connectivity index (χ2n) is 8.55. The Labute approximate surface area is 176 Å². The summed E-state index contributed by atoms with van der Waals surface area (Å²) in [7, 11) is 0. The van der Waals surface area contributed by atoms with Gasteiger partial charge >= 0.3 is 11.7 Å². The molecule has 172 valence electrons. The average Bonchev–Trinajstić information content (AvgIpc) is 2.94. The van der Waals surface area contributed by atoms with Crippen molar-refractivity contribution in [3.63, 3.8) is 0 Å². The Morgan fingerprint density at radius 2 is 1.94 bits per heavy atom. The van der Waals surface area contributed by atoms with E-state index in [4.69, 9.17) is 14.2 Å². The number of rotatable bonds is 6. The first-order valence-corrected chi connectivity index (χ1v) is 10.6. The maximum absolute atomic E-state index is 15.4. The van der Waals surface area contributed by atoms with E-state index in [1.807, 2.05) is 4.98 Å². The fourth-order valence-corrected chi connectivity index (χ4v) is 4.32. The molecule has 3 fully saturated rings. The van der Waals surface area contributed by atoms with Crippen LogP contribution < -0.4 is 11.2 Å². The number of esters is 1. The molecule has 10 nitrogen and oxygen atoms in total. The third kappa shape index (κ3) is 4.19. The van der Waals surface area contributed by atoms with E-state index in [-0.39, 0.29) is 6.10 Å². The normalized spacial score (nSPS) is 33.1. The Bertz CT molecular complexity index is 922. The van der Waals surface area contributed by atoms with Crippen LogP contribution in [0.2, 0.25) is 0 Å². The number of hydrogen-bond acceptors (Lipinski definition) is 8. The van der Waals surface area contributed by atoms with Crippen LogP contribution in [0.5, 0.6) is 0 Å². The van der Waals surface area contributed by atoms with Crippen molar-refractivity contribution in [2.24, 2.45) is 0 Å². The van der Waals surface area contributed by atoms with Crippen LogP contribution >= 0.6 is 0 Å². The minimum absolute atomic E-state index is 0.0170. The number of H-pyrrole nitrogens is 1. The highest BCUT2D eigenvalue weighted by molar-refractivity contribution is 5.79. The zero-order valence-corrected chi connectivity index (χ0v) is 17.0. The summed E-state index contributed by atoms with van der Waals surface area (Å²) in [5, 5.41) is 20.4. The van der Waals surface area contributed by atoms with Gasteiger partial charge in [0.05, 0.1) is 6.10 Å². The van der Waals surface area contributed by atoms with E-state index in [2.05, 4.69) is 0 Å². The van der Waals surface area contributed by atoms with Crippen LogP contribution in [0, 0.1) is 0 Å². The van der Waals surface area contributed by atoms with Gasteiger partial charge in [-0.15, -0.1) is 0 Å². The van der Waals surface area contributed by atoms with E-state index < -0.39 is 53.7 Å². The van der Waals surface area contributed by atoms with Crippen LogP contribution in [0.1, 0.15) is 57.6 Å². The molecule has 0 aromatic carbocycles. The summed E-state index contributed by atoms with van der Waals surface area (Å²) in [6, 6.07) is 0.993. The number of halogens is 1. The molecule has 4 rings (SSSR count). The summed E-state index contributed by atoms with van der Waals surface area (Å²) in [6.07, 6.45) is 1.74. The minimum atomic E-state index is -2.94. The molecule has 0 radical (unpaired) electrons. The maximum Gasteiger partial charge on any atom is 0.338 e. The predicted molar refractivity (Wildman–Crippen MR) is 103 cm³/mol. The highest BCUT2D eigenvalue weighted by Crippen LogP contribution is 2.40. The molecule has 0 amide bonds. The Hall–Kier alpha value is -2.08. The Morgan fingerprint density at radius 1 is 1.23 bits per heavy atom. The number of aromatic nitrogens is 2. The second kappa shape index (κ2) is 8.45. The molecule has 0 unspecified atom stereocenters. The van der Waals surface area contributed by atoms with Gasteiger partial charge in [0.2, 0.25) is 0 Å². The quantitative estimate of drug-likeness (QED) is 0.534. The lowest BCUT2D eigenvalue weighted by molar-refractivity contribution is -0.230. The van der Waals surface area contributed by atoms with Gasteiger partial charge in [-0.25, -0.2) is 14.0 Å². The molecule has 0 bridgehead atoms. The molecule has 2 saturated carbocycles. The molecule has 1 aromatic heterocycles. The number of carbonyl (C=O) groups excluding carboxylic acids is 1. The molecular weight excluding hydrogens is 415 g/mol. The first-order chi connectivity index (χ1) is 14.7. The van der Waals surface area contributed by atoms with Gasteiger partial charge in [-0.3, -0.25) is 14.3 Å². The van der Waals surface area contributed by atoms with Crippen LogP contribution in [0.15, 0.2) is 21.9 Å². The van der Waals surface area contributed by atoms with E-state index in [1.54, 1.807) is 0 Å². The van der Waals surface area contributed by atoms with Crippen molar-refractivity contribution >= 4 is 5.97 Å². The number of alkyl halides is 1. The van der Waals surface area contributed by atoms with Crippen molar-refractivity contribution in [1.82, 2.24) is 9.55 Å². The van der Waals surface area contributed by atoms with Gasteiger partial charge < -0.3 is 24.4 Å². The molecule has 31 heavy (non-hydrogen) atoms.